The number of pyridine rings is 1. The van der Waals surface area contributed by atoms with E-state index in [0.717, 1.165) is 10.2 Å². The third-order valence-electron chi connectivity index (χ3n) is 7.89. The molecular formula is C33H32F3N7O6S2. The predicted octanol–water partition coefficient (Wildman–Crippen LogP) is 6.08. The van der Waals surface area contributed by atoms with Crippen LogP contribution in [0.25, 0.3) is 33.0 Å². The zero-order chi connectivity index (χ0) is 36.7. The lowest BCUT2D eigenvalue weighted by molar-refractivity contribution is -0.147. The van der Waals surface area contributed by atoms with Crippen molar-refractivity contribution in [3.05, 3.63) is 72.0 Å². The number of methoxy groups -OCH3 is 1. The van der Waals surface area contributed by atoms with Gasteiger partial charge in [0.1, 0.15) is 21.9 Å². The first-order chi connectivity index (χ1) is 24.0. The molecule has 51 heavy (non-hydrogen) atoms. The summed E-state index contributed by atoms with van der Waals surface area (Å²) in [6, 6.07) is 9.73. The minimum absolute atomic E-state index is 0.00422. The van der Waals surface area contributed by atoms with E-state index in [1.807, 2.05) is 0 Å². The average molecular weight is 744 g/mol. The molecule has 268 valence electrons. The minimum Gasteiger partial charge on any atom is -0.469 e. The molecule has 0 spiro atoms. The molecule has 0 radical (unpaired) electrons. The van der Waals surface area contributed by atoms with Crippen molar-refractivity contribution >= 4 is 50.4 Å². The normalized spacial score (nSPS) is 17.0. The number of nitrogens with one attached hydrogen (secondary N) is 1. The quantitative estimate of drug-likeness (QED) is 0.193. The summed E-state index contributed by atoms with van der Waals surface area (Å²) in [6.45, 7) is 5.09. The second-order valence-corrected chi connectivity index (χ2v) is 15.4. The van der Waals surface area contributed by atoms with Gasteiger partial charge in [0.25, 0.3) is 10.0 Å². The fourth-order valence-electron chi connectivity index (χ4n) is 5.68. The summed E-state index contributed by atoms with van der Waals surface area (Å²) < 4.78 is 82.9. The van der Waals surface area contributed by atoms with Gasteiger partial charge in [-0.3, -0.25) is 4.79 Å². The highest BCUT2D eigenvalue weighted by atomic mass is 32.2. The number of aromatic nitrogens is 5. The Morgan fingerprint density at radius 2 is 1.76 bits per heavy atom. The van der Waals surface area contributed by atoms with E-state index >= 15 is 0 Å². The molecule has 5 heterocycles. The largest absolute Gasteiger partial charge is 0.469 e. The monoisotopic (exact) mass is 743 g/mol. The topological polar surface area (TPSA) is 158 Å². The fraction of sp³-hybridized carbons (Fsp3) is 0.333. The maximum absolute atomic E-state index is 14.6. The first-order valence-electron chi connectivity index (χ1n) is 15.5. The second kappa shape index (κ2) is 13.6. The van der Waals surface area contributed by atoms with Crippen molar-refractivity contribution < 1.29 is 40.7 Å². The highest BCUT2D eigenvalue weighted by Crippen LogP contribution is 2.40. The van der Waals surface area contributed by atoms with Crippen molar-refractivity contribution in [3.63, 3.8) is 0 Å². The lowest BCUT2D eigenvalue weighted by atomic mass is 9.94. The second-order valence-electron chi connectivity index (χ2n) is 12.7. The molecule has 0 unspecified atom stereocenters. The van der Waals surface area contributed by atoms with Crippen LogP contribution in [0.3, 0.4) is 0 Å². The number of benzene rings is 1. The number of esters is 1. The number of carbonyl (C=O) groups is 2. The standard InChI is InChI=1S/C33H32F3N7O6S2/c1-32(2,3)49-31(45)42-16-19(29(44)48-4)14-20(17-42)39-30-38-15-24(33(34,35)36)26(41-30)23-18-43(51(46,47)21-8-6-5-7-9-21)27-22(23)10-11-25(40-27)28-37-12-13-50-28/h5-13,15,18-20H,14,16-17H2,1-4H3,(H,38,39,41)/t19-,20+/m1/s1. The van der Waals surface area contributed by atoms with Crippen LogP contribution >= 0.6 is 11.3 Å². The summed E-state index contributed by atoms with van der Waals surface area (Å²) in [6.07, 6.45) is -2.27. The summed E-state index contributed by atoms with van der Waals surface area (Å²) in [4.78, 5) is 43.7. The lowest BCUT2D eigenvalue weighted by Crippen LogP contribution is -2.52. The van der Waals surface area contributed by atoms with Crippen LogP contribution in [0.1, 0.15) is 32.8 Å². The maximum Gasteiger partial charge on any atom is 0.419 e. The maximum atomic E-state index is 14.6. The number of piperidine rings is 1. The highest BCUT2D eigenvalue weighted by molar-refractivity contribution is 7.90. The van der Waals surface area contributed by atoms with Gasteiger partial charge in [-0.2, -0.15) is 13.2 Å². The molecule has 13 nitrogen and oxygen atoms in total. The molecule has 1 amide bonds. The molecule has 0 bridgehead atoms. The van der Waals surface area contributed by atoms with Crippen molar-refractivity contribution in [3.8, 4) is 22.0 Å². The van der Waals surface area contributed by atoms with Gasteiger partial charge in [-0.1, -0.05) is 18.2 Å². The van der Waals surface area contributed by atoms with Crippen LogP contribution in [0.5, 0.6) is 0 Å². The number of carbonyl (C=O) groups excluding carboxylic acids is 2. The molecule has 1 aliphatic heterocycles. The van der Waals surface area contributed by atoms with Crippen LogP contribution in [0.4, 0.5) is 23.9 Å². The number of alkyl halides is 3. The van der Waals surface area contributed by atoms with Crippen LogP contribution in [0.2, 0.25) is 0 Å². The molecule has 1 saturated heterocycles. The first kappa shape index (κ1) is 35.7. The molecular weight excluding hydrogens is 712 g/mol. The fourth-order valence-corrected chi connectivity index (χ4v) is 7.63. The third-order valence-corrected chi connectivity index (χ3v) is 10.4. The molecule has 1 fully saturated rings. The molecule has 4 aromatic heterocycles. The van der Waals surface area contributed by atoms with E-state index in [2.05, 4.69) is 25.3 Å². The summed E-state index contributed by atoms with van der Waals surface area (Å²) in [5.74, 6) is -1.61. The molecule has 1 N–H and O–H groups in total. The summed E-state index contributed by atoms with van der Waals surface area (Å²) >= 11 is 1.26. The number of thiazole rings is 1. The smallest absolute Gasteiger partial charge is 0.419 e. The van der Waals surface area contributed by atoms with Gasteiger partial charge in [0.05, 0.1) is 23.6 Å². The molecule has 5 aromatic rings. The first-order valence-corrected chi connectivity index (χ1v) is 17.9. The van der Waals surface area contributed by atoms with Crippen LogP contribution in [-0.2, 0) is 30.5 Å². The van der Waals surface area contributed by atoms with E-state index in [1.165, 1.54) is 59.7 Å². The van der Waals surface area contributed by atoms with E-state index in [-0.39, 0.29) is 47.0 Å². The molecule has 1 aliphatic rings. The van der Waals surface area contributed by atoms with Crippen LogP contribution < -0.4 is 5.32 Å². The Morgan fingerprint density at radius 1 is 1.02 bits per heavy atom. The van der Waals surface area contributed by atoms with Crippen molar-refractivity contribution in [2.75, 3.05) is 25.5 Å². The van der Waals surface area contributed by atoms with E-state index < -0.39 is 57.1 Å². The number of amides is 1. The minimum atomic E-state index is -4.94. The van der Waals surface area contributed by atoms with Crippen molar-refractivity contribution in [2.24, 2.45) is 5.92 Å². The number of nitrogens with zero attached hydrogens (tertiary/aromatic N) is 6. The third kappa shape index (κ3) is 7.51. The lowest BCUT2D eigenvalue weighted by Gasteiger charge is -2.37. The van der Waals surface area contributed by atoms with Gasteiger partial charge >= 0.3 is 18.2 Å². The Balaban J connectivity index is 1.46. The molecule has 1 aromatic carbocycles. The van der Waals surface area contributed by atoms with Gasteiger partial charge in [-0.15, -0.1) is 11.3 Å². The van der Waals surface area contributed by atoms with Gasteiger partial charge in [0.2, 0.25) is 5.95 Å². The van der Waals surface area contributed by atoms with Crippen molar-refractivity contribution in [1.29, 1.82) is 0 Å². The van der Waals surface area contributed by atoms with Gasteiger partial charge in [0.15, 0.2) is 5.65 Å². The number of likely N-dealkylation sites (tertiary alicyclic amines) is 1. The molecule has 0 aliphatic carbocycles. The SMILES string of the molecule is COC(=O)[C@@H]1C[C@H](Nc2ncc(C(F)(F)F)c(-c3cn(S(=O)(=O)c4ccccc4)c4nc(-c5nccs5)ccc34)n2)CN(C(=O)OC(C)(C)C)C1. The Kier molecular flexibility index (Phi) is 9.49. The predicted molar refractivity (Wildman–Crippen MR) is 181 cm³/mol. The van der Waals surface area contributed by atoms with E-state index in [9.17, 15) is 31.2 Å². The Labute approximate surface area is 294 Å². The van der Waals surface area contributed by atoms with E-state index in [0.29, 0.717) is 16.9 Å². The summed E-state index contributed by atoms with van der Waals surface area (Å²) in [5, 5.41) is 5.23. The Morgan fingerprint density at radius 3 is 2.41 bits per heavy atom. The van der Waals surface area contributed by atoms with Gasteiger partial charge < -0.3 is 19.7 Å². The van der Waals surface area contributed by atoms with Crippen molar-refractivity contribution in [1.82, 2.24) is 28.8 Å². The molecule has 2 atom stereocenters. The molecule has 6 rings (SSSR count). The van der Waals surface area contributed by atoms with Gasteiger partial charge in [-0.25, -0.2) is 37.1 Å². The number of rotatable bonds is 7. The number of ether oxygens (including phenoxy) is 2. The van der Waals surface area contributed by atoms with Gasteiger partial charge in [-0.05, 0) is 51.5 Å². The number of halogens is 3. The number of hydrogen-bond acceptors (Lipinski definition) is 12. The summed E-state index contributed by atoms with van der Waals surface area (Å²) in [5.41, 5.74) is -2.65. The van der Waals surface area contributed by atoms with E-state index in [4.69, 9.17) is 9.47 Å². The van der Waals surface area contributed by atoms with Gasteiger partial charge in [0, 0.05) is 54.1 Å². The average Bonchev–Trinajstić information content (AvgIpc) is 3.76. The summed E-state index contributed by atoms with van der Waals surface area (Å²) in [7, 11) is -3.15. The molecule has 0 saturated carbocycles. The Bertz CT molecular complexity index is 2190. The Hall–Kier alpha value is -5.10. The number of hydrogen-bond donors (Lipinski definition) is 1. The highest BCUT2D eigenvalue weighted by Gasteiger charge is 2.39. The zero-order valence-electron chi connectivity index (χ0n) is 27.7. The van der Waals surface area contributed by atoms with Crippen LogP contribution in [0.15, 0.2) is 71.3 Å². The number of fused-ring (bicyclic) bond motifs is 1. The van der Waals surface area contributed by atoms with Crippen LogP contribution in [-0.4, -0.2) is 81.1 Å². The number of anilines is 1. The van der Waals surface area contributed by atoms with E-state index in [1.54, 1.807) is 38.4 Å². The van der Waals surface area contributed by atoms with Crippen LogP contribution in [0, 0.1) is 5.92 Å². The zero-order valence-corrected chi connectivity index (χ0v) is 29.3. The molecule has 18 heteroatoms. The van der Waals surface area contributed by atoms with Crippen molar-refractivity contribution in [2.45, 2.75) is 49.9 Å².